The van der Waals surface area contributed by atoms with Gasteiger partial charge in [0, 0.05) is 32.7 Å². The molecular weight excluding hydrogens is 637 g/mol. The molecule has 0 spiro atoms. The van der Waals surface area contributed by atoms with Gasteiger partial charge in [0.25, 0.3) is 0 Å². The first-order chi connectivity index (χ1) is 21.5. The van der Waals surface area contributed by atoms with Gasteiger partial charge in [-0.25, -0.2) is 0 Å². The molecule has 5 aliphatic rings. The second-order valence-electron chi connectivity index (χ2n) is 10.3. The van der Waals surface area contributed by atoms with E-state index in [1.807, 2.05) is 94.8 Å². The molecule has 0 aromatic rings. The summed E-state index contributed by atoms with van der Waals surface area (Å²) in [6.45, 7) is 43.4. The summed E-state index contributed by atoms with van der Waals surface area (Å²) in [5, 5.41) is 4.73. The lowest BCUT2D eigenvalue weighted by Gasteiger charge is -2.04. The van der Waals surface area contributed by atoms with Gasteiger partial charge in [0.2, 0.25) is 0 Å². The third-order valence-corrected chi connectivity index (χ3v) is 13.3. The van der Waals surface area contributed by atoms with Crippen LogP contribution in [0.2, 0.25) is 0 Å². The molecule has 0 bridgehead atoms. The average molecular weight is 721 g/mol. The molecule has 280 valence electrons. The van der Waals surface area contributed by atoms with Crippen LogP contribution in [-0.2, 0) is 18.9 Å². The lowest BCUT2D eigenvalue weighted by molar-refractivity contribution is 0.0432. The average Bonchev–Trinajstić information content (AvgIpc) is 3.92. The molecule has 10 atom stereocenters. The molecule has 4 nitrogen and oxygen atoms in total. The Balaban J connectivity index is -0.000000138. The van der Waals surface area contributed by atoms with E-state index in [-0.39, 0.29) is 0 Å². The molecular formula is C37H84O4S4. The van der Waals surface area contributed by atoms with Crippen molar-refractivity contribution in [1.82, 2.24) is 0 Å². The monoisotopic (exact) mass is 721 g/mol. The number of ether oxygens (including phenoxy) is 4. The zero-order valence-corrected chi connectivity index (χ0v) is 37.3. The topological polar surface area (TPSA) is 36.9 Å². The number of rotatable bonds is 0. The van der Waals surface area contributed by atoms with Crippen LogP contribution in [-0.4, -0.2) is 75.6 Å². The van der Waals surface area contributed by atoms with Crippen LogP contribution >= 0.6 is 47.0 Å². The normalized spacial score (nSPS) is 33.3. The molecule has 0 aromatic carbocycles. The Hall–Kier alpha value is 1.24. The van der Waals surface area contributed by atoms with Gasteiger partial charge >= 0.3 is 0 Å². The van der Waals surface area contributed by atoms with E-state index in [4.69, 9.17) is 18.9 Å². The SMILES string of the molecule is CC.CC.CC.CC.CC.CC1CCOC1C.CC1CCSC1C.CC1OCOC1C.CC1OCSC1C.CC1SCSC1C. The van der Waals surface area contributed by atoms with Crippen molar-refractivity contribution >= 4 is 47.0 Å². The molecule has 5 aliphatic heterocycles. The van der Waals surface area contributed by atoms with Gasteiger partial charge in [-0.2, -0.15) is 11.8 Å². The molecule has 0 aromatic heterocycles. The summed E-state index contributed by atoms with van der Waals surface area (Å²) in [5.41, 5.74) is 0. The van der Waals surface area contributed by atoms with E-state index in [2.05, 4.69) is 90.7 Å². The molecule has 0 saturated carbocycles. The van der Waals surface area contributed by atoms with E-state index in [0.29, 0.717) is 36.5 Å². The van der Waals surface area contributed by atoms with Crippen LogP contribution in [0.1, 0.15) is 151 Å². The quantitative estimate of drug-likeness (QED) is 0.245. The van der Waals surface area contributed by atoms with Gasteiger partial charge in [-0.15, -0.1) is 35.3 Å². The molecule has 0 aliphatic carbocycles. The first kappa shape index (κ1) is 55.6. The zero-order chi connectivity index (χ0) is 36.4. The van der Waals surface area contributed by atoms with Crippen molar-refractivity contribution in [2.45, 2.75) is 197 Å². The highest BCUT2D eigenvalue weighted by atomic mass is 32.2. The highest BCUT2D eigenvalue weighted by Crippen LogP contribution is 2.35. The molecule has 5 heterocycles. The zero-order valence-electron chi connectivity index (χ0n) is 34.0. The highest BCUT2D eigenvalue weighted by molar-refractivity contribution is 8.19. The maximum absolute atomic E-state index is 5.27. The van der Waals surface area contributed by atoms with E-state index in [9.17, 15) is 0 Å². The van der Waals surface area contributed by atoms with Crippen molar-refractivity contribution in [3.05, 3.63) is 0 Å². The van der Waals surface area contributed by atoms with Gasteiger partial charge in [-0.05, 0) is 58.1 Å². The Labute approximate surface area is 303 Å². The van der Waals surface area contributed by atoms with E-state index >= 15 is 0 Å². The first-order valence-electron chi connectivity index (χ1n) is 18.5. The van der Waals surface area contributed by atoms with Crippen molar-refractivity contribution in [1.29, 1.82) is 0 Å². The minimum absolute atomic E-state index is 0.292. The standard InChI is InChI=1S/C6H12O.C6H12S.C5H10O2.C5H10OS.C5H10S2.5C2H6/c2*1-5-3-4-7-6(5)2;3*1-4-5(2)7-3-6-4;5*1-2/h2*5-6H,3-4H2,1-2H3;3*4-5H,3H2,1-2H3;5*1-2H3. The van der Waals surface area contributed by atoms with Crippen molar-refractivity contribution in [2.75, 3.05) is 30.2 Å². The van der Waals surface area contributed by atoms with E-state index < -0.39 is 0 Å². The molecule has 0 amide bonds. The van der Waals surface area contributed by atoms with Gasteiger partial charge in [-0.1, -0.05) is 111 Å². The van der Waals surface area contributed by atoms with E-state index in [1.165, 1.54) is 23.7 Å². The van der Waals surface area contributed by atoms with E-state index in [1.54, 1.807) is 0 Å². The fourth-order valence-corrected chi connectivity index (χ4v) is 8.50. The maximum atomic E-state index is 5.27. The van der Waals surface area contributed by atoms with Crippen molar-refractivity contribution in [2.24, 2.45) is 11.8 Å². The Bertz CT molecular complexity index is 388. The number of hydrogen-bond acceptors (Lipinski definition) is 8. The van der Waals surface area contributed by atoms with Gasteiger partial charge < -0.3 is 18.9 Å². The Morgan fingerprint density at radius 2 is 0.867 bits per heavy atom. The molecule has 0 N–H and O–H groups in total. The summed E-state index contributed by atoms with van der Waals surface area (Å²) >= 11 is 8.12. The minimum atomic E-state index is 0.292. The Kier molecular flexibility index (Phi) is 51.2. The summed E-state index contributed by atoms with van der Waals surface area (Å²) in [6, 6.07) is 0. The highest BCUT2D eigenvalue weighted by Gasteiger charge is 2.21. The van der Waals surface area contributed by atoms with Crippen LogP contribution in [0.3, 0.4) is 0 Å². The molecule has 5 rings (SSSR count). The van der Waals surface area contributed by atoms with Gasteiger partial charge in [0.05, 0.1) is 30.4 Å². The summed E-state index contributed by atoms with van der Waals surface area (Å²) in [7, 11) is 0. The predicted molar refractivity (Wildman–Crippen MR) is 219 cm³/mol. The summed E-state index contributed by atoms with van der Waals surface area (Å²) in [6.07, 6.45) is 4.26. The van der Waals surface area contributed by atoms with Crippen molar-refractivity contribution < 1.29 is 18.9 Å². The van der Waals surface area contributed by atoms with Crippen LogP contribution in [0, 0.1) is 11.8 Å². The van der Waals surface area contributed by atoms with Crippen LogP contribution in [0.25, 0.3) is 0 Å². The Morgan fingerprint density at radius 3 is 0.978 bits per heavy atom. The third kappa shape index (κ3) is 32.2. The molecule has 45 heavy (non-hydrogen) atoms. The lowest BCUT2D eigenvalue weighted by atomic mass is 10.1. The second-order valence-corrected chi connectivity index (χ2v) is 16.2. The van der Waals surface area contributed by atoms with E-state index in [0.717, 1.165) is 40.1 Å². The van der Waals surface area contributed by atoms with Gasteiger partial charge in [0.15, 0.2) is 0 Å². The van der Waals surface area contributed by atoms with Crippen LogP contribution in [0.5, 0.6) is 0 Å². The molecule has 8 heteroatoms. The summed E-state index contributed by atoms with van der Waals surface area (Å²) in [4.78, 5) is 0. The molecule has 5 saturated heterocycles. The second kappa shape index (κ2) is 41.4. The molecule has 0 radical (unpaired) electrons. The van der Waals surface area contributed by atoms with Crippen molar-refractivity contribution in [3.8, 4) is 0 Å². The largest absolute Gasteiger partial charge is 0.378 e. The van der Waals surface area contributed by atoms with Crippen molar-refractivity contribution in [3.63, 3.8) is 0 Å². The third-order valence-electron chi connectivity index (χ3n) is 7.48. The minimum Gasteiger partial charge on any atom is -0.378 e. The fourth-order valence-electron chi connectivity index (χ4n) is 3.25. The van der Waals surface area contributed by atoms with Gasteiger partial charge in [-0.3, -0.25) is 0 Å². The number of thioether (sulfide) groups is 4. The maximum Gasteiger partial charge on any atom is 0.147 e. The van der Waals surface area contributed by atoms with Gasteiger partial charge in [0.1, 0.15) is 6.79 Å². The molecule has 10 unspecified atom stereocenters. The summed E-state index contributed by atoms with van der Waals surface area (Å²) in [5.74, 6) is 4.05. The predicted octanol–water partition coefficient (Wildman–Crippen LogP) is 13.2. The number of hydrogen-bond donors (Lipinski definition) is 0. The smallest absolute Gasteiger partial charge is 0.147 e. The van der Waals surface area contributed by atoms with Crippen LogP contribution in [0.4, 0.5) is 0 Å². The van der Waals surface area contributed by atoms with Crippen LogP contribution in [0.15, 0.2) is 0 Å². The van der Waals surface area contributed by atoms with Crippen LogP contribution < -0.4 is 0 Å². The summed E-state index contributed by atoms with van der Waals surface area (Å²) < 4.78 is 20.6. The Morgan fingerprint density at radius 1 is 0.400 bits per heavy atom. The fraction of sp³-hybridized carbons (Fsp3) is 1.00. The molecule has 5 fully saturated rings. The lowest BCUT2D eigenvalue weighted by Crippen LogP contribution is -2.13. The first-order valence-corrected chi connectivity index (χ1v) is 22.6.